The minimum absolute atomic E-state index is 0.0330. The summed E-state index contributed by atoms with van der Waals surface area (Å²) in [4.78, 5) is 30.8. The Morgan fingerprint density at radius 1 is 1.21 bits per heavy atom. The lowest BCUT2D eigenvalue weighted by Crippen LogP contribution is -2.58. The number of nitrogens with one attached hydrogen (secondary N) is 1. The zero-order valence-electron chi connectivity index (χ0n) is 15.5. The van der Waals surface area contributed by atoms with E-state index in [-0.39, 0.29) is 11.9 Å². The molecule has 2 aromatic carbocycles. The van der Waals surface area contributed by atoms with E-state index in [0.29, 0.717) is 29.5 Å². The van der Waals surface area contributed by atoms with Crippen LogP contribution in [0.1, 0.15) is 5.56 Å². The van der Waals surface area contributed by atoms with Crippen LogP contribution in [-0.4, -0.2) is 37.0 Å². The van der Waals surface area contributed by atoms with Gasteiger partial charge in [0.1, 0.15) is 5.75 Å². The maximum absolute atomic E-state index is 12.9. The molecule has 1 atom stereocenters. The summed E-state index contributed by atoms with van der Waals surface area (Å²) in [6.45, 7) is 0.487. The predicted octanol–water partition coefficient (Wildman–Crippen LogP) is 2.06. The summed E-state index contributed by atoms with van der Waals surface area (Å²) in [5.74, 6) is -0.0474. The molecule has 0 aromatic heterocycles. The molecule has 8 nitrogen and oxygen atoms in total. The smallest absolute Gasteiger partial charge is 0.251 e. The second-order valence-electron chi connectivity index (χ2n) is 6.32. The van der Waals surface area contributed by atoms with Gasteiger partial charge in [-0.3, -0.25) is 19.5 Å². The Balaban J connectivity index is 1.50. The van der Waals surface area contributed by atoms with Crippen LogP contribution in [0.15, 0.2) is 47.5 Å². The average Bonchev–Trinajstić information content (AvgIpc) is 3.18. The molecule has 2 aliphatic heterocycles. The molecule has 1 saturated heterocycles. The number of amides is 2. The molecule has 0 bridgehead atoms. The van der Waals surface area contributed by atoms with E-state index in [1.165, 1.54) is 11.1 Å². The van der Waals surface area contributed by atoms with Crippen molar-refractivity contribution in [2.24, 2.45) is 10.9 Å². The Kier molecular flexibility index (Phi) is 5.13. The number of thiocarbonyl (C=S) groups is 1. The molecule has 2 aliphatic rings. The highest BCUT2D eigenvalue weighted by molar-refractivity contribution is 7.80. The van der Waals surface area contributed by atoms with Crippen LogP contribution in [0.2, 0.25) is 0 Å². The van der Waals surface area contributed by atoms with Crippen molar-refractivity contribution in [3.8, 4) is 17.2 Å². The fourth-order valence-electron chi connectivity index (χ4n) is 3.00. The van der Waals surface area contributed by atoms with Gasteiger partial charge >= 0.3 is 0 Å². The van der Waals surface area contributed by atoms with Crippen molar-refractivity contribution in [3.05, 3.63) is 48.0 Å². The van der Waals surface area contributed by atoms with Gasteiger partial charge in [-0.15, -0.1) is 0 Å². The lowest BCUT2D eigenvalue weighted by Gasteiger charge is -2.31. The topological polar surface area (TPSA) is 89.5 Å². The SMILES string of the molecule is COc1ccc(N2C(=O)[C@H](C=NCc3ccc4c(c3)OCO4)C(=O)NC2=S)cc1. The van der Waals surface area contributed by atoms with E-state index in [1.807, 2.05) is 12.1 Å². The Morgan fingerprint density at radius 3 is 2.72 bits per heavy atom. The van der Waals surface area contributed by atoms with Gasteiger partial charge in [-0.1, -0.05) is 6.07 Å². The van der Waals surface area contributed by atoms with E-state index in [4.69, 9.17) is 26.4 Å². The first-order valence-corrected chi connectivity index (χ1v) is 9.19. The maximum Gasteiger partial charge on any atom is 0.251 e. The van der Waals surface area contributed by atoms with Crippen LogP contribution in [0.25, 0.3) is 0 Å². The summed E-state index contributed by atoms with van der Waals surface area (Å²) in [7, 11) is 1.55. The van der Waals surface area contributed by atoms with Crippen molar-refractivity contribution in [2.75, 3.05) is 18.8 Å². The second kappa shape index (κ2) is 7.88. The molecule has 0 aliphatic carbocycles. The number of ether oxygens (including phenoxy) is 3. The van der Waals surface area contributed by atoms with Gasteiger partial charge in [0.05, 0.1) is 19.3 Å². The van der Waals surface area contributed by atoms with Gasteiger partial charge in [0.2, 0.25) is 12.7 Å². The number of fused-ring (bicyclic) bond motifs is 1. The monoisotopic (exact) mass is 411 g/mol. The number of benzene rings is 2. The Hall–Kier alpha value is -3.46. The predicted molar refractivity (Wildman–Crippen MR) is 109 cm³/mol. The summed E-state index contributed by atoms with van der Waals surface area (Å²) < 4.78 is 15.7. The molecule has 0 radical (unpaired) electrons. The van der Waals surface area contributed by atoms with Crippen molar-refractivity contribution < 1.29 is 23.8 Å². The Bertz CT molecular complexity index is 1010. The molecule has 1 N–H and O–H groups in total. The first-order chi connectivity index (χ1) is 14.1. The molecule has 148 valence electrons. The van der Waals surface area contributed by atoms with E-state index in [0.717, 1.165) is 5.56 Å². The normalized spacial score (nSPS) is 18.3. The maximum atomic E-state index is 12.9. The van der Waals surface area contributed by atoms with E-state index < -0.39 is 17.7 Å². The first-order valence-electron chi connectivity index (χ1n) is 8.78. The van der Waals surface area contributed by atoms with E-state index >= 15 is 0 Å². The number of hydrogen-bond donors (Lipinski definition) is 1. The number of methoxy groups -OCH3 is 1. The molecule has 4 rings (SSSR count). The fourth-order valence-corrected chi connectivity index (χ4v) is 3.30. The van der Waals surface area contributed by atoms with Gasteiger partial charge in [-0.25, -0.2) is 0 Å². The summed E-state index contributed by atoms with van der Waals surface area (Å²) in [5, 5.41) is 2.59. The van der Waals surface area contributed by atoms with E-state index in [9.17, 15) is 9.59 Å². The van der Waals surface area contributed by atoms with Gasteiger partial charge in [0.15, 0.2) is 22.5 Å². The molecular formula is C20H17N3O5S. The lowest BCUT2D eigenvalue weighted by molar-refractivity contribution is -0.130. The van der Waals surface area contributed by atoms with Gasteiger partial charge < -0.3 is 19.5 Å². The number of aliphatic imine (C=N–C) groups is 1. The molecule has 1 fully saturated rings. The third kappa shape index (κ3) is 3.77. The Morgan fingerprint density at radius 2 is 1.97 bits per heavy atom. The van der Waals surface area contributed by atoms with E-state index in [2.05, 4.69) is 10.3 Å². The zero-order chi connectivity index (χ0) is 20.4. The molecule has 9 heteroatoms. The number of carbonyl (C=O) groups excluding carboxylic acids is 2. The number of rotatable bonds is 5. The minimum atomic E-state index is -1.07. The number of carbonyl (C=O) groups is 2. The third-order valence-electron chi connectivity index (χ3n) is 4.50. The molecule has 29 heavy (non-hydrogen) atoms. The second-order valence-corrected chi connectivity index (χ2v) is 6.71. The number of hydrogen-bond acceptors (Lipinski definition) is 7. The highest BCUT2D eigenvalue weighted by atomic mass is 32.1. The zero-order valence-corrected chi connectivity index (χ0v) is 16.3. The van der Waals surface area contributed by atoms with Gasteiger partial charge in [-0.2, -0.15) is 0 Å². The summed E-state index contributed by atoms with van der Waals surface area (Å²) in [6.07, 6.45) is 1.35. The van der Waals surface area contributed by atoms with Crippen LogP contribution in [0.4, 0.5) is 5.69 Å². The Labute approximate surface area is 172 Å². The summed E-state index contributed by atoms with van der Waals surface area (Å²) >= 11 is 5.18. The van der Waals surface area contributed by atoms with Crippen molar-refractivity contribution in [1.29, 1.82) is 0 Å². The third-order valence-corrected chi connectivity index (χ3v) is 4.78. The molecule has 2 amide bonds. The van der Waals surface area contributed by atoms with Crippen LogP contribution in [-0.2, 0) is 16.1 Å². The van der Waals surface area contributed by atoms with Crippen LogP contribution < -0.4 is 24.4 Å². The quantitative estimate of drug-likeness (QED) is 0.460. The standard InChI is InChI=1S/C20H17N3O5S/c1-26-14-5-3-13(4-6-14)23-19(25)15(18(24)22-20(23)29)10-21-9-12-2-7-16-17(8-12)28-11-27-16/h2-8,10,15H,9,11H2,1H3,(H,22,24,29)/t15-/m1/s1. The number of anilines is 1. The van der Waals surface area contributed by atoms with E-state index in [1.54, 1.807) is 37.4 Å². The first kappa shape index (κ1) is 18.9. The number of nitrogens with zero attached hydrogens (tertiary/aromatic N) is 2. The van der Waals surface area contributed by atoms with Gasteiger partial charge in [0.25, 0.3) is 5.91 Å². The van der Waals surface area contributed by atoms with Crippen molar-refractivity contribution in [1.82, 2.24) is 5.32 Å². The lowest BCUT2D eigenvalue weighted by atomic mass is 10.1. The molecule has 0 unspecified atom stereocenters. The molecule has 0 spiro atoms. The van der Waals surface area contributed by atoms with Crippen LogP contribution in [0, 0.1) is 5.92 Å². The van der Waals surface area contributed by atoms with Gasteiger partial charge in [0, 0.05) is 6.21 Å². The molecule has 2 aromatic rings. The van der Waals surface area contributed by atoms with Crippen LogP contribution >= 0.6 is 12.2 Å². The minimum Gasteiger partial charge on any atom is -0.497 e. The van der Waals surface area contributed by atoms with Crippen LogP contribution in [0.3, 0.4) is 0 Å². The van der Waals surface area contributed by atoms with Gasteiger partial charge in [-0.05, 0) is 54.2 Å². The molecular weight excluding hydrogens is 394 g/mol. The fraction of sp³-hybridized carbons (Fsp3) is 0.200. The van der Waals surface area contributed by atoms with Crippen LogP contribution in [0.5, 0.6) is 17.2 Å². The summed E-state index contributed by atoms with van der Waals surface area (Å²) in [6, 6.07) is 12.3. The summed E-state index contributed by atoms with van der Waals surface area (Å²) in [5.41, 5.74) is 1.41. The highest BCUT2D eigenvalue weighted by Crippen LogP contribution is 2.32. The molecule has 2 heterocycles. The average molecular weight is 411 g/mol. The van der Waals surface area contributed by atoms with Crippen molar-refractivity contribution in [2.45, 2.75) is 6.54 Å². The molecule has 0 saturated carbocycles. The van der Waals surface area contributed by atoms with Crippen molar-refractivity contribution >= 4 is 41.0 Å². The largest absolute Gasteiger partial charge is 0.497 e. The van der Waals surface area contributed by atoms with Crippen molar-refractivity contribution in [3.63, 3.8) is 0 Å². The highest BCUT2D eigenvalue weighted by Gasteiger charge is 2.38.